The number of alkyl halides is 1. The Balaban J connectivity index is 1.78. The van der Waals surface area contributed by atoms with Gasteiger partial charge >= 0.3 is 5.69 Å². The number of nitrogens with one attached hydrogen (secondary N) is 1. The number of carbonyl (C=O) groups excluding carboxylic acids is 1. The van der Waals surface area contributed by atoms with Crippen molar-refractivity contribution in [2.75, 3.05) is 5.32 Å². The topological polar surface area (TPSA) is 93.5 Å². The molecule has 1 saturated heterocycles. The minimum absolute atomic E-state index is 0.0615. The highest BCUT2D eigenvalue weighted by molar-refractivity contribution is 6.03. The predicted octanol–water partition coefficient (Wildman–Crippen LogP) is 1.50. The van der Waals surface area contributed by atoms with E-state index in [0.717, 1.165) is 4.57 Å². The molecule has 8 heteroatoms. The zero-order chi connectivity index (χ0) is 18.0. The van der Waals surface area contributed by atoms with Crippen LogP contribution in [-0.2, 0) is 4.74 Å². The molecule has 1 aliphatic heterocycles. The summed E-state index contributed by atoms with van der Waals surface area (Å²) in [4.78, 5) is 28.0. The Hall–Kier alpha value is -2.58. The van der Waals surface area contributed by atoms with Crippen LogP contribution in [0.3, 0.4) is 0 Å². The van der Waals surface area contributed by atoms with Crippen LogP contribution < -0.4 is 11.0 Å². The molecule has 0 saturated carbocycles. The highest BCUT2D eigenvalue weighted by atomic mass is 19.1. The molecule has 1 aromatic carbocycles. The first-order chi connectivity index (χ1) is 12.0. The third-order valence-electron chi connectivity index (χ3n) is 4.07. The number of nitrogens with zero attached hydrogens (tertiary/aromatic N) is 2. The van der Waals surface area contributed by atoms with Gasteiger partial charge in [0.2, 0.25) is 0 Å². The largest absolute Gasteiger partial charge is 0.385 e. The summed E-state index contributed by atoms with van der Waals surface area (Å²) in [5.74, 6) is -0.344. The number of benzene rings is 1. The highest BCUT2D eigenvalue weighted by Gasteiger charge is 2.44. The molecule has 0 spiro atoms. The predicted molar refractivity (Wildman–Crippen MR) is 88.0 cm³/mol. The normalized spacial score (nSPS) is 25.7. The first-order valence-electron chi connectivity index (χ1n) is 7.94. The van der Waals surface area contributed by atoms with Crippen LogP contribution in [0.5, 0.6) is 0 Å². The van der Waals surface area contributed by atoms with E-state index in [9.17, 15) is 19.1 Å². The Morgan fingerprint density at radius 3 is 2.68 bits per heavy atom. The summed E-state index contributed by atoms with van der Waals surface area (Å²) in [6.45, 7) is 1.73. The number of amides is 1. The second kappa shape index (κ2) is 7.12. The van der Waals surface area contributed by atoms with Gasteiger partial charge in [0, 0.05) is 11.8 Å². The number of halogens is 1. The molecule has 1 fully saturated rings. The quantitative estimate of drug-likeness (QED) is 0.874. The molecule has 0 aliphatic carbocycles. The van der Waals surface area contributed by atoms with E-state index < -0.39 is 36.2 Å². The summed E-state index contributed by atoms with van der Waals surface area (Å²) in [5, 5.41) is 12.5. The van der Waals surface area contributed by atoms with Crippen molar-refractivity contribution in [2.45, 2.75) is 38.0 Å². The van der Waals surface area contributed by atoms with Crippen LogP contribution in [0.1, 0.15) is 29.9 Å². The highest BCUT2D eigenvalue weighted by Crippen LogP contribution is 2.32. The summed E-state index contributed by atoms with van der Waals surface area (Å²) >= 11 is 0. The summed E-state index contributed by atoms with van der Waals surface area (Å²) in [5.41, 5.74) is -0.326. The Bertz CT molecular complexity index is 811. The number of aliphatic hydroxyl groups excluding tert-OH is 1. The molecule has 4 atom stereocenters. The van der Waals surface area contributed by atoms with Crippen molar-refractivity contribution in [3.63, 3.8) is 0 Å². The van der Waals surface area contributed by atoms with E-state index in [0.29, 0.717) is 12.0 Å². The fourth-order valence-corrected chi connectivity index (χ4v) is 2.72. The summed E-state index contributed by atoms with van der Waals surface area (Å²) in [7, 11) is 0. The van der Waals surface area contributed by atoms with Crippen LogP contribution in [0.2, 0.25) is 0 Å². The van der Waals surface area contributed by atoms with Gasteiger partial charge in [-0.1, -0.05) is 25.1 Å². The lowest BCUT2D eigenvalue weighted by Gasteiger charge is -2.17. The minimum Gasteiger partial charge on any atom is -0.385 e. The molecular weight excluding hydrogens is 329 g/mol. The molecule has 2 N–H and O–H groups in total. The van der Waals surface area contributed by atoms with Crippen molar-refractivity contribution >= 4 is 11.7 Å². The molecule has 0 bridgehead atoms. The first kappa shape index (κ1) is 17.2. The molecule has 1 amide bonds. The van der Waals surface area contributed by atoms with E-state index in [1.165, 1.54) is 12.3 Å². The number of ether oxygens (including phenoxy) is 1. The lowest BCUT2D eigenvalue weighted by molar-refractivity contribution is -0.0403. The third-order valence-corrected chi connectivity index (χ3v) is 4.07. The molecule has 7 nitrogen and oxygen atoms in total. The molecule has 2 heterocycles. The van der Waals surface area contributed by atoms with Crippen molar-refractivity contribution in [1.29, 1.82) is 0 Å². The maximum atomic E-state index is 13.9. The van der Waals surface area contributed by atoms with Crippen molar-refractivity contribution in [1.82, 2.24) is 9.55 Å². The van der Waals surface area contributed by atoms with Gasteiger partial charge in [-0.3, -0.25) is 9.36 Å². The Kier molecular flexibility index (Phi) is 4.91. The Labute approximate surface area is 143 Å². The lowest BCUT2D eigenvalue weighted by Crippen LogP contribution is -2.34. The molecule has 3 rings (SSSR count). The molecule has 132 valence electrons. The summed E-state index contributed by atoms with van der Waals surface area (Å²) < 4.78 is 20.3. The lowest BCUT2D eigenvalue weighted by atomic mass is 10.1. The SMILES string of the molecule is CC[C@H]1O[C@@H](n2ccc(NC(=O)c3ccccc3)nc2=O)[C@@H](O)C1F. The molecule has 1 unspecified atom stereocenters. The van der Waals surface area contributed by atoms with Crippen molar-refractivity contribution < 1.29 is 19.0 Å². The van der Waals surface area contributed by atoms with Crippen LogP contribution in [-0.4, -0.2) is 38.9 Å². The fourth-order valence-electron chi connectivity index (χ4n) is 2.72. The van der Waals surface area contributed by atoms with Crippen LogP contribution in [0.15, 0.2) is 47.4 Å². The molecule has 25 heavy (non-hydrogen) atoms. The third kappa shape index (κ3) is 3.45. The fraction of sp³-hybridized carbons (Fsp3) is 0.353. The Morgan fingerprint density at radius 2 is 2.08 bits per heavy atom. The zero-order valence-corrected chi connectivity index (χ0v) is 13.5. The minimum atomic E-state index is -1.57. The van der Waals surface area contributed by atoms with E-state index in [-0.39, 0.29) is 5.82 Å². The van der Waals surface area contributed by atoms with Gasteiger partial charge < -0.3 is 15.2 Å². The van der Waals surface area contributed by atoms with E-state index >= 15 is 0 Å². The zero-order valence-electron chi connectivity index (χ0n) is 13.5. The van der Waals surface area contributed by atoms with Gasteiger partial charge in [0.05, 0.1) is 6.10 Å². The van der Waals surface area contributed by atoms with E-state index in [1.807, 2.05) is 0 Å². The maximum Gasteiger partial charge on any atom is 0.351 e. The Morgan fingerprint density at radius 1 is 1.36 bits per heavy atom. The van der Waals surface area contributed by atoms with Crippen molar-refractivity contribution in [3.8, 4) is 0 Å². The van der Waals surface area contributed by atoms with Crippen LogP contribution >= 0.6 is 0 Å². The summed E-state index contributed by atoms with van der Waals surface area (Å²) in [6.07, 6.45) is -3.24. The smallest absolute Gasteiger partial charge is 0.351 e. The molecular formula is C17H18FN3O4. The van der Waals surface area contributed by atoms with Gasteiger partial charge in [-0.05, 0) is 24.6 Å². The van der Waals surface area contributed by atoms with E-state index in [1.54, 1.807) is 37.3 Å². The molecule has 1 aromatic heterocycles. The maximum absolute atomic E-state index is 13.9. The molecule has 0 radical (unpaired) electrons. The number of rotatable bonds is 4. The number of aliphatic hydroxyl groups is 1. The average molecular weight is 347 g/mol. The van der Waals surface area contributed by atoms with Gasteiger partial charge in [-0.15, -0.1) is 0 Å². The summed E-state index contributed by atoms with van der Waals surface area (Å²) in [6, 6.07) is 9.88. The van der Waals surface area contributed by atoms with E-state index in [4.69, 9.17) is 4.74 Å². The number of anilines is 1. The van der Waals surface area contributed by atoms with Gasteiger partial charge in [0.1, 0.15) is 11.9 Å². The van der Waals surface area contributed by atoms with Gasteiger partial charge in [-0.2, -0.15) is 4.98 Å². The van der Waals surface area contributed by atoms with Crippen LogP contribution in [0.4, 0.5) is 10.2 Å². The van der Waals surface area contributed by atoms with Crippen LogP contribution in [0.25, 0.3) is 0 Å². The number of carbonyl (C=O) groups is 1. The van der Waals surface area contributed by atoms with Crippen molar-refractivity contribution in [2.24, 2.45) is 0 Å². The number of hydrogen-bond acceptors (Lipinski definition) is 5. The van der Waals surface area contributed by atoms with Crippen LogP contribution in [0, 0.1) is 0 Å². The van der Waals surface area contributed by atoms with Gasteiger partial charge in [0.15, 0.2) is 12.4 Å². The van der Waals surface area contributed by atoms with E-state index in [2.05, 4.69) is 10.3 Å². The van der Waals surface area contributed by atoms with Gasteiger partial charge in [-0.25, -0.2) is 9.18 Å². The second-order valence-electron chi connectivity index (χ2n) is 5.73. The average Bonchev–Trinajstić information content (AvgIpc) is 2.91. The standard InChI is InChI=1S/C17H18FN3O4/c1-2-11-13(18)14(22)16(25-11)21-9-8-12(20-17(21)24)19-15(23)10-6-4-3-5-7-10/h3-9,11,13-14,16,22H,2H2,1H3,(H,19,20,23,24)/t11-,13?,14+,16-/m1/s1. The monoisotopic (exact) mass is 347 g/mol. The van der Waals surface area contributed by atoms with Crippen molar-refractivity contribution in [3.05, 3.63) is 58.6 Å². The molecule has 2 aromatic rings. The second-order valence-corrected chi connectivity index (χ2v) is 5.73. The number of aromatic nitrogens is 2. The number of hydrogen-bond donors (Lipinski definition) is 2. The van der Waals surface area contributed by atoms with Gasteiger partial charge in [0.25, 0.3) is 5.91 Å². The first-order valence-corrected chi connectivity index (χ1v) is 7.94. The molecule has 1 aliphatic rings.